The summed E-state index contributed by atoms with van der Waals surface area (Å²) in [4.78, 5) is 2.44. The lowest BCUT2D eigenvalue weighted by atomic mass is 10.0. The summed E-state index contributed by atoms with van der Waals surface area (Å²) in [6.07, 6.45) is 3.02. The highest BCUT2D eigenvalue weighted by atomic mass is 32.2. The van der Waals surface area contributed by atoms with Crippen LogP contribution < -0.4 is 4.72 Å². The van der Waals surface area contributed by atoms with E-state index in [9.17, 15) is 8.42 Å². The summed E-state index contributed by atoms with van der Waals surface area (Å²) in [7, 11) is -3.31. The van der Waals surface area contributed by atoms with Crippen LogP contribution in [0.3, 0.4) is 0 Å². The van der Waals surface area contributed by atoms with Gasteiger partial charge in [0.1, 0.15) is 4.21 Å². The average Bonchev–Trinajstić information content (AvgIpc) is 2.92. The Morgan fingerprint density at radius 2 is 2.10 bits per heavy atom. The molecule has 0 saturated carbocycles. The Morgan fingerprint density at radius 3 is 2.65 bits per heavy atom. The molecule has 0 aromatic carbocycles. The van der Waals surface area contributed by atoms with Crippen molar-refractivity contribution in [2.75, 3.05) is 19.6 Å². The van der Waals surface area contributed by atoms with Crippen molar-refractivity contribution in [3.8, 4) is 0 Å². The minimum absolute atomic E-state index is 0.0809. The number of nitrogens with zero attached hydrogens (tertiary/aromatic N) is 1. The number of sulfonamides is 1. The van der Waals surface area contributed by atoms with Crippen LogP contribution in [0.5, 0.6) is 0 Å². The Balaban J connectivity index is 1.80. The maximum atomic E-state index is 12.1. The van der Waals surface area contributed by atoms with Gasteiger partial charge < -0.3 is 4.90 Å². The maximum Gasteiger partial charge on any atom is 0.250 e. The van der Waals surface area contributed by atoms with Crippen LogP contribution in [0.1, 0.15) is 33.1 Å². The molecule has 0 atom stereocenters. The maximum absolute atomic E-state index is 12.1. The van der Waals surface area contributed by atoms with E-state index in [1.54, 1.807) is 17.5 Å². The number of rotatable bonds is 6. The Labute approximate surface area is 126 Å². The molecule has 20 heavy (non-hydrogen) atoms. The van der Waals surface area contributed by atoms with Gasteiger partial charge in [-0.3, -0.25) is 0 Å². The minimum Gasteiger partial charge on any atom is -0.303 e. The molecule has 1 fully saturated rings. The number of nitrogens with one attached hydrogen (secondary N) is 1. The van der Waals surface area contributed by atoms with E-state index in [-0.39, 0.29) is 6.04 Å². The number of hydrogen-bond donors (Lipinski definition) is 1. The summed E-state index contributed by atoms with van der Waals surface area (Å²) < 4.78 is 27.5. The van der Waals surface area contributed by atoms with Gasteiger partial charge in [0.2, 0.25) is 10.0 Å². The fourth-order valence-electron chi connectivity index (χ4n) is 2.41. The third kappa shape index (κ3) is 4.55. The van der Waals surface area contributed by atoms with E-state index in [2.05, 4.69) is 23.5 Å². The van der Waals surface area contributed by atoms with Crippen LogP contribution in [0, 0.1) is 5.92 Å². The molecule has 1 saturated heterocycles. The largest absolute Gasteiger partial charge is 0.303 e. The molecular weight excluding hydrogens is 292 g/mol. The Morgan fingerprint density at radius 1 is 1.40 bits per heavy atom. The first-order valence-corrected chi connectivity index (χ1v) is 9.62. The van der Waals surface area contributed by atoms with Gasteiger partial charge in [0.05, 0.1) is 0 Å². The Kier molecular flexibility index (Phi) is 5.60. The SMILES string of the molecule is CC(C)CCN1CCC(NS(=O)(=O)c2cccs2)CC1. The quantitative estimate of drug-likeness (QED) is 0.877. The van der Waals surface area contributed by atoms with E-state index < -0.39 is 10.0 Å². The molecule has 1 aliphatic heterocycles. The number of likely N-dealkylation sites (tertiary alicyclic amines) is 1. The van der Waals surface area contributed by atoms with Gasteiger partial charge in [-0.25, -0.2) is 13.1 Å². The van der Waals surface area contributed by atoms with Crippen molar-refractivity contribution in [3.63, 3.8) is 0 Å². The molecule has 0 aliphatic carbocycles. The molecule has 4 nitrogen and oxygen atoms in total. The first kappa shape index (κ1) is 15.9. The smallest absolute Gasteiger partial charge is 0.250 e. The van der Waals surface area contributed by atoms with Crippen LogP contribution in [0.2, 0.25) is 0 Å². The average molecular weight is 316 g/mol. The van der Waals surface area contributed by atoms with Crippen LogP contribution in [0.25, 0.3) is 0 Å². The number of hydrogen-bond acceptors (Lipinski definition) is 4. The van der Waals surface area contributed by atoms with Crippen molar-refractivity contribution in [1.82, 2.24) is 9.62 Å². The molecule has 0 spiro atoms. The molecule has 0 bridgehead atoms. The topological polar surface area (TPSA) is 49.4 Å². The van der Waals surface area contributed by atoms with Gasteiger partial charge in [-0.05, 0) is 56.3 Å². The van der Waals surface area contributed by atoms with Crippen molar-refractivity contribution in [2.24, 2.45) is 5.92 Å². The van der Waals surface area contributed by atoms with Gasteiger partial charge in [0, 0.05) is 6.04 Å². The zero-order valence-electron chi connectivity index (χ0n) is 12.2. The molecule has 1 aliphatic rings. The lowest BCUT2D eigenvalue weighted by molar-refractivity contribution is 0.198. The highest BCUT2D eigenvalue weighted by Crippen LogP contribution is 2.19. The summed E-state index contributed by atoms with van der Waals surface area (Å²) in [6, 6.07) is 3.51. The van der Waals surface area contributed by atoms with Gasteiger partial charge >= 0.3 is 0 Å². The van der Waals surface area contributed by atoms with Crippen molar-refractivity contribution in [3.05, 3.63) is 17.5 Å². The van der Waals surface area contributed by atoms with E-state index in [1.807, 2.05) is 0 Å². The molecule has 114 valence electrons. The van der Waals surface area contributed by atoms with Crippen LogP contribution >= 0.6 is 11.3 Å². The lowest BCUT2D eigenvalue weighted by Gasteiger charge is -2.32. The van der Waals surface area contributed by atoms with Gasteiger partial charge in [-0.1, -0.05) is 19.9 Å². The number of piperidine rings is 1. The van der Waals surface area contributed by atoms with Crippen molar-refractivity contribution >= 4 is 21.4 Å². The van der Waals surface area contributed by atoms with Crippen LogP contribution in [0.15, 0.2) is 21.7 Å². The van der Waals surface area contributed by atoms with E-state index in [0.717, 1.165) is 38.4 Å². The second kappa shape index (κ2) is 7.02. The van der Waals surface area contributed by atoms with E-state index in [0.29, 0.717) is 4.21 Å². The Bertz CT molecular complexity index is 489. The summed E-state index contributed by atoms with van der Waals surface area (Å²) in [5, 5.41) is 1.79. The van der Waals surface area contributed by atoms with Crippen molar-refractivity contribution < 1.29 is 8.42 Å². The summed E-state index contributed by atoms with van der Waals surface area (Å²) in [5.74, 6) is 0.727. The van der Waals surface area contributed by atoms with Crippen molar-refractivity contribution in [1.29, 1.82) is 0 Å². The first-order valence-electron chi connectivity index (χ1n) is 7.25. The minimum atomic E-state index is -3.31. The number of thiophene rings is 1. The molecule has 1 aromatic rings. The zero-order valence-corrected chi connectivity index (χ0v) is 13.8. The third-order valence-electron chi connectivity index (χ3n) is 3.69. The summed E-state index contributed by atoms with van der Waals surface area (Å²) >= 11 is 1.27. The highest BCUT2D eigenvalue weighted by Gasteiger charge is 2.24. The highest BCUT2D eigenvalue weighted by molar-refractivity contribution is 7.91. The van der Waals surface area contributed by atoms with E-state index >= 15 is 0 Å². The molecule has 0 amide bonds. The second-order valence-electron chi connectivity index (χ2n) is 5.85. The molecule has 2 rings (SSSR count). The van der Waals surface area contributed by atoms with Crippen LogP contribution in [0.4, 0.5) is 0 Å². The zero-order chi connectivity index (χ0) is 14.6. The molecule has 2 heterocycles. The lowest BCUT2D eigenvalue weighted by Crippen LogP contribution is -2.44. The molecule has 6 heteroatoms. The van der Waals surface area contributed by atoms with Crippen LogP contribution in [-0.2, 0) is 10.0 Å². The van der Waals surface area contributed by atoms with E-state index in [4.69, 9.17) is 0 Å². The second-order valence-corrected chi connectivity index (χ2v) is 8.74. The van der Waals surface area contributed by atoms with E-state index in [1.165, 1.54) is 17.8 Å². The fraction of sp³-hybridized carbons (Fsp3) is 0.714. The molecule has 0 radical (unpaired) electrons. The van der Waals surface area contributed by atoms with Gasteiger partial charge in [0.15, 0.2) is 0 Å². The normalized spacial score (nSPS) is 18.8. The first-order chi connectivity index (χ1) is 9.47. The predicted molar refractivity (Wildman–Crippen MR) is 83.6 cm³/mol. The molecular formula is C14H24N2O2S2. The fourth-order valence-corrected chi connectivity index (χ4v) is 4.72. The monoisotopic (exact) mass is 316 g/mol. The van der Waals surface area contributed by atoms with Gasteiger partial charge in [-0.2, -0.15) is 0 Å². The summed E-state index contributed by atoms with van der Waals surface area (Å²) in [6.45, 7) is 7.58. The molecule has 1 aromatic heterocycles. The Hall–Kier alpha value is -0.430. The van der Waals surface area contributed by atoms with Crippen LogP contribution in [-0.4, -0.2) is 39.0 Å². The van der Waals surface area contributed by atoms with Gasteiger partial charge in [-0.15, -0.1) is 11.3 Å². The standard InChI is InChI=1S/C14H24N2O2S2/c1-12(2)5-8-16-9-6-13(7-10-16)15-20(17,18)14-4-3-11-19-14/h3-4,11-13,15H,5-10H2,1-2H3. The molecule has 0 unspecified atom stereocenters. The van der Waals surface area contributed by atoms with Crippen molar-refractivity contribution in [2.45, 2.75) is 43.4 Å². The third-order valence-corrected chi connectivity index (χ3v) is 6.61. The molecule has 1 N–H and O–H groups in total. The predicted octanol–water partition coefficient (Wildman–Crippen LogP) is 2.54. The summed E-state index contributed by atoms with van der Waals surface area (Å²) in [5.41, 5.74) is 0. The van der Waals surface area contributed by atoms with Gasteiger partial charge in [0.25, 0.3) is 0 Å².